The molecule has 1 heterocycles. The summed E-state index contributed by atoms with van der Waals surface area (Å²) in [5, 5.41) is 1.52. The van der Waals surface area contributed by atoms with Crippen LogP contribution in [0.3, 0.4) is 0 Å². The van der Waals surface area contributed by atoms with E-state index in [2.05, 4.69) is 4.98 Å². The van der Waals surface area contributed by atoms with E-state index >= 15 is 0 Å². The summed E-state index contributed by atoms with van der Waals surface area (Å²) in [6.07, 6.45) is 0.723. The summed E-state index contributed by atoms with van der Waals surface area (Å²) in [5.74, 6) is 1.27. The van der Waals surface area contributed by atoms with E-state index in [0.29, 0.717) is 11.0 Å². The van der Waals surface area contributed by atoms with Gasteiger partial charge < -0.3 is 4.74 Å². The molecule has 0 saturated heterocycles. The third-order valence-electron chi connectivity index (χ3n) is 2.42. The molecule has 2 rings (SSSR count). The Morgan fingerprint density at radius 1 is 1.38 bits per heavy atom. The van der Waals surface area contributed by atoms with Gasteiger partial charge in [0.25, 0.3) is 0 Å². The lowest BCUT2D eigenvalue weighted by atomic mass is 10.1. The Bertz CT molecular complexity index is 514. The molecule has 84 valence electrons. The minimum absolute atomic E-state index is 0.498. The van der Waals surface area contributed by atoms with Gasteiger partial charge in [0, 0.05) is 11.3 Å². The third kappa shape index (κ3) is 2.08. The minimum Gasteiger partial charge on any atom is -0.494 e. The van der Waals surface area contributed by atoms with Crippen LogP contribution in [0.5, 0.6) is 5.75 Å². The van der Waals surface area contributed by atoms with Crippen LogP contribution >= 0.6 is 23.2 Å². The number of para-hydroxylation sites is 1. The Hall–Kier alpha value is -0.990. The number of benzene rings is 1. The first-order valence-electron chi connectivity index (χ1n) is 4.94. The monoisotopic (exact) mass is 255 g/mol. The lowest BCUT2D eigenvalue weighted by molar-refractivity contribution is 0.419. The molecule has 1 aromatic heterocycles. The molecule has 16 heavy (non-hydrogen) atoms. The van der Waals surface area contributed by atoms with Gasteiger partial charge in [0.1, 0.15) is 16.4 Å². The van der Waals surface area contributed by atoms with Crippen molar-refractivity contribution in [3.05, 3.63) is 35.0 Å². The highest BCUT2D eigenvalue weighted by Crippen LogP contribution is 2.27. The first kappa shape index (κ1) is 11.5. The summed E-state index contributed by atoms with van der Waals surface area (Å²) >= 11 is 11.8. The molecule has 0 bridgehead atoms. The number of fused-ring (bicyclic) bond motifs is 1. The van der Waals surface area contributed by atoms with Crippen LogP contribution in [-0.4, -0.2) is 18.0 Å². The first-order valence-corrected chi connectivity index (χ1v) is 5.85. The topological polar surface area (TPSA) is 22.1 Å². The van der Waals surface area contributed by atoms with E-state index in [1.165, 1.54) is 0 Å². The summed E-state index contributed by atoms with van der Waals surface area (Å²) in [4.78, 5) is 4.35. The number of alkyl halides is 1. The van der Waals surface area contributed by atoms with Gasteiger partial charge >= 0.3 is 0 Å². The second-order valence-electron chi connectivity index (χ2n) is 3.41. The Morgan fingerprint density at radius 2 is 2.19 bits per heavy atom. The second kappa shape index (κ2) is 4.89. The van der Waals surface area contributed by atoms with Crippen LogP contribution in [0.2, 0.25) is 5.15 Å². The average Bonchev–Trinajstić information content (AvgIpc) is 2.30. The second-order valence-corrected chi connectivity index (χ2v) is 4.15. The predicted molar refractivity (Wildman–Crippen MR) is 67.7 cm³/mol. The van der Waals surface area contributed by atoms with Crippen molar-refractivity contribution in [2.75, 3.05) is 13.0 Å². The van der Waals surface area contributed by atoms with E-state index in [9.17, 15) is 0 Å². The molecule has 2 nitrogen and oxygen atoms in total. The van der Waals surface area contributed by atoms with Gasteiger partial charge in [-0.3, -0.25) is 0 Å². The molecule has 0 spiro atoms. The van der Waals surface area contributed by atoms with Gasteiger partial charge in [0.2, 0.25) is 0 Å². The average molecular weight is 256 g/mol. The maximum absolute atomic E-state index is 6.09. The largest absolute Gasteiger partial charge is 0.494 e. The molecule has 0 aliphatic carbocycles. The summed E-state index contributed by atoms with van der Waals surface area (Å²) in [6, 6.07) is 7.79. The molecule has 0 aliphatic rings. The van der Waals surface area contributed by atoms with Crippen LogP contribution in [0.25, 0.3) is 10.9 Å². The number of nitrogens with zero attached hydrogens (tertiary/aromatic N) is 1. The molecule has 0 saturated carbocycles. The molecule has 0 unspecified atom stereocenters. The van der Waals surface area contributed by atoms with Crippen molar-refractivity contribution in [1.82, 2.24) is 4.98 Å². The molecular weight excluding hydrogens is 245 g/mol. The Kier molecular flexibility index (Phi) is 3.52. The molecule has 4 heteroatoms. The Morgan fingerprint density at radius 3 is 2.88 bits per heavy atom. The first-order chi connectivity index (χ1) is 7.76. The summed E-state index contributed by atoms with van der Waals surface area (Å²) < 4.78 is 5.24. The van der Waals surface area contributed by atoms with Gasteiger partial charge in [0.15, 0.2) is 0 Å². The maximum atomic E-state index is 6.09. The maximum Gasteiger partial charge on any atom is 0.145 e. The molecule has 0 amide bonds. The number of methoxy groups -OCH3 is 1. The standard InChI is InChI=1S/C12H11Cl2NO/c1-16-10-4-2-3-8-7-9(5-6-13)12(14)15-11(8)10/h2-4,7H,5-6H2,1H3. The Balaban J connectivity index is 2.63. The number of hydrogen-bond acceptors (Lipinski definition) is 2. The van der Waals surface area contributed by atoms with Gasteiger partial charge in [-0.15, -0.1) is 11.6 Å². The minimum atomic E-state index is 0.498. The number of hydrogen-bond donors (Lipinski definition) is 0. The third-order valence-corrected chi connectivity index (χ3v) is 2.93. The highest BCUT2D eigenvalue weighted by Gasteiger charge is 2.07. The predicted octanol–water partition coefficient (Wildman–Crippen LogP) is 3.68. The fourth-order valence-corrected chi connectivity index (χ4v) is 2.07. The molecule has 0 radical (unpaired) electrons. The highest BCUT2D eigenvalue weighted by atomic mass is 35.5. The molecular formula is C12H11Cl2NO. The van der Waals surface area contributed by atoms with Gasteiger partial charge in [-0.2, -0.15) is 0 Å². The lowest BCUT2D eigenvalue weighted by Crippen LogP contribution is -1.93. The molecule has 2 aromatic rings. The zero-order chi connectivity index (χ0) is 11.5. The smallest absolute Gasteiger partial charge is 0.145 e. The van der Waals surface area contributed by atoms with Crippen molar-refractivity contribution in [3.8, 4) is 5.75 Å². The molecule has 0 aliphatic heterocycles. The van der Waals surface area contributed by atoms with Crippen LogP contribution in [-0.2, 0) is 6.42 Å². The molecule has 1 aromatic carbocycles. The zero-order valence-electron chi connectivity index (χ0n) is 8.84. The summed E-state index contributed by atoms with van der Waals surface area (Å²) in [7, 11) is 1.62. The van der Waals surface area contributed by atoms with Crippen LogP contribution in [0.4, 0.5) is 0 Å². The van der Waals surface area contributed by atoms with E-state index in [-0.39, 0.29) is 0 Å². The quantitative estimate of drug-likeness (QED) is 0.617. The summed E-state index contributed by atoms with van der Waals surface area (Å²) in [5.41, 5.74) is 1.76. The van der Waals surface area contributed by atoms with Crippen LogP contribution in [0.1, 0.15) is 5.56 Å². The number of halogens is 2. The van der Waals surface area contributed by atoms with E-state index in [4.69, 9.17) is 27.9 Å². The SMILES string of the molecule is COc1cccc2cc(CCCl)c(Cl)nc12. The van der Waals surface area contributed by atoms with E-state index < -0.39 is 0 Å². The van der Waals surface area contributed by atoms with Crippen LogP contribution in [0.15, 0.2) is 24.3 Å². The van der Waals surface area contributed by atoms with Gasteiger partial charge in [0.05, 0.1) is 7.11 Å². The fourth-order valence-electron chi connectivity index (χ4n) is 1.63. The van der Waals surface area contributed by atoms with Crippen LogP contribution < -0.4 is 4.74 Å². The van der Waals surface area contributed by atoms with Crippen molar-refractivity contribution >= 4 is 34.1 Å². The van der Waals surface area contributed by atoms with Gasteiger partial charge in [-0.25, -0.2) is 4.98 Å². The molecule has 0 fully saturated rings. The van der Waals surface area contributed by atoms with Crippen molar-refractivity contribution in [3.63, 3.8) is 0 Å². The van der Waals surface area contributed by atoms with E-state index in [0.717, 1.165) is 28.6 Å². The fraction of sp³-hybridized carbons (Fsp3) is 0.250. The van der Waals surface area contributed by atoms with Gasteiger partial charge in [-0.1, -0.05) is 23.7 Å². The zero-order valence-corrected chi connectivity index (χ0v) is 10.3. The van der Waals surface area contributed by atoms with Crippen molar-refractivity contribution in [1.29, 1.82) is 0 Å². The number of ether oxygens (including phenoxy) is 1. The highest BCUT2D eigenvalue weighted by molar-refractivity contribution is 6.30. The van der Waals surface area contributed by atoms with E-state index in [1.54, 1.807) is 7.11 Å². The van der Waals surface area contributed by atoms with E-state index in [1.807, 2.05) is 24.3 Å². The molecule has 0 N–H and O–H groups in total. The number of aryl methyl sites for hydroxylation is 1. The van der Waals surface area contributed by atoms with Crippen molar-refractivity contribution in [2.24, 2.45) is 0 Å². The normalized spacial score (nSPS) is 10.7. The number of aromatic nitrogens is 1. The number of rotatable bonds is 3. The van der Waals surface area contributed by atoms with Gasteiger partial charge in [-0.05, 0) is 24.1 Å². The lowest BCUT2D eigenvalue weighted by Gasteiger charge is -2.07. The molecule has 0 atom stereocenters. The number of pyridine rings is 1. The summed E-state index contributed by atoms with van der Waals surface area (Å²) in [6.45, 7) is 0. The Labute approximate surface area is 104 Å². The van der Waals surface area contributed by atoms with Crippen LogP contribution in [0, 0.1) is 0 Å². The van der Waals surface area contributed by atoms with Crippen molar-refractivity contribution < 1.29 is 4.74 Å². The van der Waals surface area contributed by atoms with Crippen molar-refractivity contribution in [2.45, 2.75) is 6.42 Å².